The Labute approximate surface area is 299 Å². The van der Waals surface area contributed by atoms with Gasteiger partial charge in [0.15, 0.2) is 0 Å². The number of primary amides is 1. The summed E-state index contributed by atoms with van der Waals surface area (Å²) in [5.41, 5.74) is 5.12. The van der Waals surface area contributed by atoms with Crippen LogP contribution in [0.2, 0.25) is 0 Å². The number of carboxylic acid groups (broad SMARTS) is 1. The minimum Gasteiger partial charge on any atom is -0.480 e. The number of aliphatic carboxylic acids is 1. The third kappa shape index (κ3) is 13.5. The van der Waals surface area contributed by atoms with E-state index in [-0.39, 0.29) is 25.5 Å². The van der Waals surface area contributed by atoms with E-state index in [1.165, 1.54) is 7.05 Å². The summed E-state index contributed by atoms with van der Waals surface area (Å²) in [6.45, 7) is 12.0. The molecule has 15 nitrogen and oxygen atoms in total. The van der Waals surface area contributed by atoms with Crippen LogP contribution in [0.4, 0.5) is 20.1 Å². The second kappa shape index (κ2) is 18.6. The summed E-state index contributed by atoms with van der Waals surface area (Å²) < 4.78 is 10.7. The number of nitrogens with zero attached hydrogens (tertiary/aromatic N) is 1. The van der Waals surface area contributed by atoms with Gasteiger partial charge in [-0.15, -0.1) is 0 Å². The van der Waals surface area contributed by atoms with E-state index in [2.05, 4.69) is 21.3 Å². The molecular formula is C36H52N6O9. The van der Waals surface area contributed by atoms with Gasteiger partial charge < -0.3 is 41.6 Å². The summed E-state index contributed by atoms with van der Waals surface area (Å²) in [5, 5.41) is 20.5. The van der Waals surface area contributed by atoms with E-state index in [1.807, 2.05) is 6.07 Å². The van der Waals surface area contributed by atoms with Crippen molar-refractivity contribution in [2.24, 2.45) is 11.7 Å². The zero-order valence-electron chi connectivity index (χ0n) is 30.6. The van der Waals surface area contributed by atoms with Crippen LogP contribution in [0.3, 0.4) is 0 Å². The number of alkyl carbamates (subject to hydrolysis) is 1. The number of carboxylic acids is 1. The molecule has 15 heteroatoms. The molecule has 2 rings (SSSR count). The smallest absolute Gasteiger partial charge is 0.410 e. The van der Waals surface area contributed by atoms with E-state index in [0.29, 0.717) is 17.7 Å². The summed E-state index contributed by atoms with van der Waals surface area (Å²) in [7, 11) is 1.38. The summed E-state index contributed by atoms with van der Waals surface area (Å²) in [5.74, 6) is -2.67. The number of ether oxygens (including phenoxy) is 2. The summed E-state index contributed by atoms with van der Waals surface area (Å²) in [6, 6.07) is 11.4. The minimum absolute atomic E-state index is 0.134. The number of nitrogens with one attached hydrogen (secondary N) is 4. The average molecular weight is 713 g/mol. The highest BCUT2D eigenvalue weighted by Crippen LogP contribution is 2.30. The number of carbonyl (C=O) groups excluding carboxylic acids is 5. The van der Waals surface area contributed by atoms with Gasteiger partial charge in [0.25, 0.3) is 0 Å². The molecule has 3 atom stereocenters. The first-order valence-electron chi connectivity index (χ1n) is 16.6. The number of urea groups is 1. The molecule has 2 aromatic carbocycles. The maximum atomic E-state index is 13.4. The van der Waals surface area contributed by atoms with Gasteiger partial charge in [-0.3, -0.25) is 14.5 Å². The van der Waals surface area contributed by atoms with Gasteiger partial charge in [-0.05, 0) is 62.8 Å². The number of likely N-dealkylation sites (N-methyl/N-ethyl adjacent to an activating group) is 1. The third-order valence-electron chi connectivity index (χ3n) is 7.92. The van der Waals surface area contributed by atoms with Gasteiger partial charge in [-0.2, -0.15) is 0 Å². The molecule has 7 N–H and O–H groups in total. The third-order valence-corrected chi connectivity index (χ3v) is 7.92. The van der Waals surface area contributed by atoms with Gasteiger partial charge in [0, 0.05) is 24.7 Å². The quantitative estimate of drug-likeness (QED) is 0.138. The lowest BCUT2D eigenvalue weighted by molar-refractivity contribution is -0.144. The van der Waals surface area contributed by atoms with E-state index in [4.69, 9.17) is 15.2 Å². The molecule has 0 saturated heterocycles. The summed E-state index contributed by atoms with van der Waals surface area (Å²) in [4.78, 5) is 76.5. The molecule has 0 radical (unpaired) electrons. The number of hydrogen-bond acceptors (Lipinski definition) is 8. The molecule has 0 spiro atoms. The van der Waals surface area contributed by atoms with Crippen molar-refractivity contribution in [1.82, 2.24) is 20.9 Å². The van der Waals surface area contributed by atoms with Crippen molar-refractivity contribution in [2.75, 3.05) is 18.9 Å². The fourth-order valence-electron chi connectivity index (χ4n) is 5.27. The number of amides is 6. The van der Waals surface area contributed by atoms with Crippen molar-refractivity contribution in [2.45, 2.75) is 97.1 Å². The van der Waals surface area contributed by atoms with Crippen LogP contribution in [0, 0.1) is 5.92 Å². The topological polar surface area (TPSA) is 218 Å². The Bertz CT molecular complexity index is 1510. The number of hydrogen-bond donors (Lipinski definition) is 6. The van der Waals surface area contributed by atoms with E-state index in [9.17, 15) is 33.9 Å². The average Bonchev–Trinajstić information content (AvgIpc) is 3.03. The molecule has 0 saturated carbocycles. The molecule has 0 aromatic heterocycles. The molecule has 1 unspecified atom stereocenters. The first-order valence-corrected chi connectivity index (χ1v) is 16.6. The summed E-state index contributed by atoms with van der Waals surface area (Å²) >= 11 is 0. The number of carbonyl (C=O) groups is 6. The van der Waals surface area contributed by atoms with Crippen molar-refractivity contribution < 1.29 is 43.3 Å². The largest absolute Gasteiger partial charge is 0.480 e. The Hall–Kier alpha value is -5.34. The number of benzene rings is 2. The highest BCUT2D eigenvalue weighted by atomic mass is 16.6. The molecule has 6 amide bonds. The van der Waals surface area contributed by atoms with Crippen molar-refractivity contribution in [3.8, 4) is 0 Å². The van der Waals surface area contributed by atoms with Crippen LogP contribution >= 0.6 is 0 Å². The lowest BCUT2D eigenvalue weighted by Crippen LogP contribution is -2.55. The molecule has 0 bridgehead atoms. The molecule has 51 heavy (non-hydrogen) atoms. The van der Waals surface area contributed by atoms with Crippen LogP contribution in [-0.2, 0) is 35.9 Å². The fraction of sp³-hybridized carbons (Fsp3) is 0.500. The molecular weight excluding hydrogens is 660 g/mol. The minimum atomic E-state index is -1.21. The van der Waals surface area contributed by atoms with Gasteiger partial charge in [-0.25, -0.2) is 19.2 Å². The SMILES string of the molecule is CC(C)C(NC(=O)OC(C)(C)C)C(=O)N[C@@H](CCCNC(N)=O)C(=O)Nc1ccc(COC(=O)N(C)[C@H](C(=O)O)C(C)(C)c2ccccc2)cc1. The predicted octanol–water partition coefficient (Wildman–Crippen LogP) is 4.11. The van der Waals surface area contributed by atoms with Crippen LogP contribution < -0.4 is 27.0 Å². The lowest BCUT2D eigenvalue weighted by atomic mass is 9.77. The Morgan fingerprint density at radius 3 is 2.02 bits per heavy atom. The molecule has 0 heterocycles. The first kappa shape index (κ1) is 41.8. The molecule has 0 aliphatic carbocycles. The molecule has 0 aliphatic heterocycles. The molecule has 0 fully saturated rings. The van der Waals surface area contributed by atoms with Gasteiger partial charge in [-0.1, -0.05) is 70.2 Å². The van der Waals surface area contributed by atoms with Gasteiger partial charge in [0.1, 0.15) is 30.3 Å². The molecule has 0 aliphatic rings. The summed E-state index contributed by atoms with van der Waals surface area (Å²) in [6.07, 6.45) is -1.17. The maximum Gasteiger partial charge on any atom is 0.410 e. The van der Waals surface area contributed by atoms with Crippen molar-refractivity contribution in [3.63, 3.8) is 0 Å². The molecule has 280 valence electrons. The second-order valence-electron chi connectivity index (χ2n) is 14.0. The van der Waals surface area contributed by atoms with Crippen molar-refractivity contribution in [1.29, 1.82) is 0 Å². The zero-order chi connectivity index (χ0) is 38.5. The van der Waals surface area contributed by atoms with Gasteiger partial charge in [0.05, 0.1) is 0 Å². The first-order chi connectivity index (χ1) is 23.7. The van der Waals surface area contributed by atoms with Crippen LogP contribution in [0.25, 0.3) is 0 Å². The van der Waals surface area contributed by atoms with E-state index >= 15 is 0 Å². The monoisotopic (exact) mass is 712 g/mol. The number of anilines is 1. The molecule has 2 aromatic rings. The number of rotatable bonds is 16. The Balaban J connectivity index is 2.10. The Morgan fingerprint density at radius 1 is 0.882 bits per heavy atom. The van der Waals surface area contributed by atoms with Crippen LogP contribution in [0.5, 0.6) is 0 Å². The van der Waals surface area contributed by atoms with E-state index in [1.54, 1.807) is 97.0 Å². The van der Waals surface area contributed by atoms with Crippen LogP contribution in [0.1, 0.15) is 72.4 Å². The normalized spacial score (nSPS) is 13.2. The lowest BCUT2D eigenvalue weighted by Gasteiger charge is -2.37. The Morgan fingerprint density at radius 2 is 1.49 bits per heavy atom. The van der Waals surface area contributed by atoms with E-state index in [0.717, 1.165) is 10.5 Å². The highest BCUT2D eigenvalue weighted by molar-refractivity contribution is 5.98. The zero-order valence-corrected chi connectivity index (χ0v) is 30.6. The van der Waals surface area contributed by atoms with E-state index < -0.39 is 65.1 Å². The van der Waals surface area contributed by atoms with Crippen LogP contribution in [0.15, 0.2) is 54.6 Å². The predicted molar refractivity (Wildman–Crippen MR) is 191 cm³/mol. The second-order valence-corrected chi connectivity index (χ2v) is 14.0. The number of nitrogens with two attached hydrogens (primary N) is 1. The Kier molecular flexibility index (Phi) is 15.3. The highest BCUT2D eigenvalue weighted by Gasteiger charge is 2.42. The van der Waals surface area contributed by atoms with Crippen LogP contribution in [-0.4, -0.2) is 83.3 Å². The van der Waals surface area contributed by atoms with Crippen molar-refractivity contribution in [3.05, 3.63) is 65.7 Å². The standard InChI is InChI=1S/C36H52N6O9/c1-22(2)27(41-33(48)51-35(3,4)5)30(44)40-26(15-12-20-38-32(37)47)29(43)39-25-18-16-23(17-19-25)21-50-34(49)42(8)28(31(45)46)36(6,7)24-13-10-9-11-14-24/h9-11,13-14,16-19,22,26-28H,12,15,20-21H2,1-8H3,(H,39,43)(H,40,44)(H,41,48)(H,45,46)(H3,37,38,47)/t26-,27?,28+/m0/s1. The fourth-order valence-corrected chi connectivity index (χ4v) is 5.27. The van der Waals surface area contributed by atoms with Gasteiger partial charge >= 0.3 is 24.2 Å². The van der Waals surface area contributed by atoms with Crippen molar-refractivity contribution >= 4 is 41.7 Å². The maximum absolute atomic E-state index is 13.4. The van der Waals surface area contributed by atoms with Gasteiger partial charge in [0.2, 0.25) is 11.8 Å².